The molecule has 35 heavy (non-hydrogen) atoms. The minimum absolute atomic E-state index is 0.0915. The van der Waals surface area contributed by atoms with Gasteiger partial charge in [0.2, 0.25) is 0 Å². The maximum atomic E-state index is 13.6. The van der Waals surface area contributed by atoms with Crippen molar-refractivity contribution in [2.24, 2.45) is 0 Å². The summed E-state index contributed by atoms with van der Waals surface area (Å²) < 4.78 is 93.9. The molecule has 2 aliphatic rings. The van der Waals surface area contributed by atoms with Gasteiger partial charge in [-0.05, 0) is 66.8 Å². The zero-order valence-electron chi connectivity index (χ0n) is 18.8. The van der Waals surface area contributed by atoms with Crippen molar-refractivity contribution in [1.82, 2.24) is 15.1 Å². The van der Waals surface area contributed by atoms with Gasteiger partial charge < -0.3 is 15.1 Å². The van der Waals surface area contributed by atoms with Gasteiger partial charge in [0.1, 0.15) is 5.82 Å². The summed E-state index contributed by atoms with van der Waals surface area (Å²) in [6, 6.07) is 3.89. The number of nitrogens with one attached hydrogen (secondary N) is 1. The summed E-state index contributed by atoms with van der Waals surface area (Å²) in [5.41, 5.74) is -1.63. The molecule has 0 aromatic heterocycles. The van der Waals surface area contributed by atoms with E-state index in [0.717, 1.165) is 5.56 Å². The molecule has 2 fully saturated rings. The molecule has 2 amide bonds. The van der Waals surface area contributed by atoms with Gasteiger partial charge in [0, 0.05) is 26.2 Å². The van der Waals surface area contributed by atoms with Crippen LogP contribution in [0.5, 0.6) is 0 Å². The van der Waals surface area contributed by atoms with Gasteiger partial charge in [-0.15, -0.1) is 0 Å². The number of amides is 2. The molecule has 4 nitrogen and oxygen atoms in total. The van der Waals surface area contributed by atoms with E-state index >= 15 is 0 Å². The molecule has 11 heteroatoms. The molecule has 0 aliphatic carbocycles. The van der Waals surface area contributed by atoms with Crippen LogP contribution in [0.4, 0.5) is 35.5 Å². The standard InChI is InChI=1S/C24H24F7N3O/c1-14-9-18(25)4-5-19(14)21-13-32-6-8-34(21)22(35)33-7-2-3-20(33)15-10-16(23(26,27)28)12-17(11-15)24(29,30)31/h4-5,9-12,20-21,32H,2-3,6-8,13H2,1H3/t20?,21-/m1/s1. The fourth-order valence-electron chi connectivity index (χ4n) is 4.90. The molecule has 0 saturated carbocycles. The summed E-state index contributed by atoms with van der Waals surface area (Å²) in [7, 11) is 0. The van der Waals surface area contributed by atoms with Gasteiger partial charge in [-0.25, -0.2) is 9.18 Å². The maximum Gasteiger partial charge on any atom is 0.416 e. The largest absolute Gasteiger partial charge is 0.416 e. The van der Waals surface area contributed by atoms with E-state index in [1.807, 2.05) is 0 Å². The predicted molar refractivity (Wildman–Crippen MR) is 114 cm³/mol. The van der Waals surface area contributed by atoms with E-state index in [2.05, 4.69) is 5.32 Å². The number of piperazine rings is 1. The van der Waals surface area contributed by atoms with Crippen LogP contribution in [0.25, 0.3) is 0 Å². The van der Waals surface area contributed by atoms with Gasteiger partial charge >= 0.3 is 18.4 Å². The van der Waals surface area contributed by atoms with Crippen LogP contribution in [0.3, 0.4) is 0 Å². The van der Waals surface area contributed by atoms with Gasteiger partial charge in [0.25, 0.3) is 0 Å². The molecule has 2 aromatic carbocycles. The number of rotatable bonds is 2. The number of carbonyl (C=O) groups is 1. The van der Waals surface area contributed by atoms with Crippen LogP contribution in [-0.4, -0.2) is 42.0 Å². The fourth-order valence-corrected chi connectivity index (χ4v) is 4.90. The molecule has 0 bridgehead atoms. The van der Waals surface area contributed by atoms with E-state index in [9.17, 15) is 35.5 Å². The van der Waals surface area contributed by atoms with E-state index < -0.39 is 47.4 Å². The highest BCUT2D eigenvalue weighted by Gasteiger charge is 2.41. The van der Waals surface area contributed by atoms with E-state index in [1.165, 1.54) is 17.0 Å². The molecule has 2 heterocycles. The average molecular weight is 503 g/mol. The number of urea groups is 1. The number of benzene rings is 2. The molecular formula is C24H24F7N3O. The Morgan fingerprint density at radius 2 is 1.54 bits per heavy atom. The van der Waals surface area contributed by atoms with Gasteiger partial charge in [-0.2, -0.15) is 26.3 Å². The Bertz CT molecular complexity index is 1070. The fraction of sp³-hybridized carbons (Fsp3) is 0.458. The molecule has 4 rings (SSSR count). The van der Waals surface area contributed by atoms with Gasteiger partial charge in [-0.3, -0.25) is 0 Å². The lowest BCUT2D eigenvalue weighted by Gasteiger charge is -2.40. The normalized spacial score (nSPS) is 21.5. The van der Waals surface area contributed by atoms with Crippen molar-refractivity contribution in [1.29, 1.82) is 0 Å². The number of carbonyl (C=O) groups excluding carboxylic acids is 1. The highest BCUT2D eigenvalue weighted by Crippen LogP contribution is 2.41. The predicted octanol–water partition coefficient (Wildman–Crippen LogP) is 6.08. The van der Waals surface area contributed by atoms with Crippen molar-refractivity contribution in [3.8, 4) is 0 Å². The highest BCUT2D eigenvalue weighted by molar-refractivity contribution is 5.76. The molecule has 190 valence electrons. The topological polar surface area (TPSA) is 35.6 Å². The van der Waals surface area contributed by atoms with E-state index in [4.69, 9.17) is 0 Å². The third-order valence-electron chi connectivity index (χ3n) is 6.57. The molecule has 2 atom stereocenters. The number of hydrogen-bond acceptors (Lipinski definition) is 2. The summed E-state index contributed by atoms with van der Waals surface area (Å²) in [6.07, 6.45) is -9.24. The second-order valence-corrected chi connectivity index (χ2v) is 8.89. The monoisotopic (exact) mass is 503 g/mol. The van der Waals surface area contributed by atoms with E-state index in [1.54, 1.807) is 17.9 Å². The lowest BCUT2D eigenvalue weighted by molar-refractivity contribution is -0.143. The van der Waals surface area contributed by atoms with Crippen LogP contribution < -0.4 is 5.32 Å². The Labute approximate surface area is 197 Å². The maximum absolute atomic E-state index is 13.6. The van der Waals surface area contributed by atoms with Crippen LogP contribution in [-0.2, 0) is 12.4 Å². The van der Waals surface area contributed by atoms with E-state index in [0.29, 0.717) is 43.8 Å². The number of halogens is 7. The number of aryl methyl sites for hydroxylation is 1. The first-order valence-electron chi connectivity index (χ1n) is 11.2. The number of nitrogens with zero attached hydrogens (tertiary/aromatic N) is 2. The Morgan fingerprint density at radius 3 is 2.14 bits per heavy atom. The number of alkyl halides is 6. The Morgan fingerprint density at radius 1 is 0.914 bits per heavy atom. The third kappa shape index (κ3) is 5.24. The van der Waals surface area contributed by atoms with Crippen LogP contribution in [0.2, 0.25) is 0 Å². The first-order valence-corrected chi connectivity index (χ1v) is 11.2. The smallest absolute Gasteiger partial charge is 0.318 e. The molecule has 2 aliphatic heterocycles. The van der Waals surface area contributed by atoms with Crippen molar-refractivity contribution in [2.75, 3.05) is 26.2 Å². The summed E-state index contributed by atoms with van der Waals surface area (Å²) in [6.45, 7) is 3.08. The summed E-state index contributed by atoms with van der Waals surface area (Å²) in [4.78, 5) is 16.5. The molecule has 0 radical (unpaired) electrons. The van der Waals surface area contributed by atoms with Crippen molar-refractivity contribution in [3.63, 3.8) is 0 Å². The molecule has 2 aromatic rings. The van der Waals surface area contributed by atoms with Crippen LogP contribution in [0, 0.1) is 12.7 Å². The van der Waals surface area contributed by atoms with Crippen molar-refractivity contribution < 1.29 is 35.5 Å². The Kier molecular flexibility index (Phi) is 6.74. The third-order valence-corrected chi connectivity index (χ3v) is 6.57. The van der Waals surface area contributed by atoms with Crippen molar-refractivity contribution >= 4 is 6.03 Å². The molecule has 2 saturated heterocycles. The minimum Gasteiger partial charge on any atom is -0.318 e. The SMILES string of the molecule is Cc1cc(F)ccc1[C@H]1CNCCN1C(=O)N1CCCC1c1cc(C(F)(F)F)cc(C(F)(F)F)c1. The molecular weight excluding hydrogens is 479 g/mol. The summed E-state index contributed by atoms with van der Waals surface area (Å²) in [5.74, 6) is -0.419. The van der Waals surface area contributed by atoms with E-state index in [-0.39, 0.29) is 24.6 Å². The zero-order chi connectivity index (χ0) is 25.5. The van der Waals surface area contributed by atoms with Crippen LogP contribution in [0.1, 0.15) is 52.7 Å². The second kappa shape index (κ2) is 9.33. The quantitative estimate of drug-likeness (QED) is 0.505. The zero-order valence-corrected chi connectivity index (χ0v) is 18.8. The second-order valence-electron chi connectivity index (χ2n) is 8.89. The minimum atomic E-state index is -4.97. The van der Waals surface area contributed by atoms with Crippen molar-refractivity contribution in [2.45, 2.75) is 44.2 Å². The lowest BCUT2D eigenvalue weighted by Crippen LogP contribution is -2.53. The van der Waals surface area contributed by atoms with Gasteiger partial charge in [-0.1, -0.05) is 6.07 Å². The van der Waals surface area contributed by atoms with Gasteiger partial charge in [0.15, 0.2) is 0 Å². The van der Waals surface area contributed by atoms with Crippen molar-refractivity contribution in [3.05, 3.63) is 70.0 Å². The Hall–Kier alpha value is -2.82. The summed E-state index contributed by atoms with van der Waals surface area (Å²) in [5, 5.41) is 3.19. The Balaban J connectivity index is 1.68. The van der Waals surface area contributed by atoms with Crippen LogP contribution in [0.15, 0.2) is 36.4 Å². The first kappa shape index (κ1) is 25.3. The molecule has 0 spiro atoms. The average Bonchev–Trinajstić information content (AvgIpc) is 3.27. The molecule has 1 unspecified atom stereocenters. The number of hydrogen-bond donors (Lipinski definition) is 1. The summed E-state index contributed by atoms with van der Waals surface area (Å²) >= 11 is 0. The first-order chi connectivity index (χ1) is 16.4. The highest BCUT2D eigenvalue weighted by atomic mass is 19.4. The van der Waals surface area contributed by atoms with Gasteiger partial charge in [0.05, 0.1) is 23.2 Å². The molecule has 1 N–H and O–H groups in total. The number of likely N-dealkylation sites (tertiary alicyclic amines) is 1. The lowest BCUT2D eigenvalue weighted by atomic mass is 9.97. The van der Waals surface area contributed by atoms with Crippen LogP contribution >= 0.6 is 0 Å².